The molecule has 5 heteroatoms. The van der Waals surface area contributed by atoms with Gasteiger partial charge in [-0.05, 0) is 43.2 Å². The van der Waals surface area contributed by atoms with Gasteiger partial charge < -0.3 is 10.5 Å². The van der Waals surface area contributed by atoms with Gasteiger partial charge in [0.15, 0.2) is 0 Å². The van der Waals surface area contributed by atoms with Crippen molar-refractivity contribution in [3.63, 3.8) is 0 Å². The molecule has 0 fully saturated rings. The van der Waals surface area contributed by atoms with E-state index in [0.29, 0.717) is 28.8 Å². The molecule has 21 heavy (non-hydrogen) atoms. The summed E-state index contributed by atoms with van der Waals surface area (Å²) < 4.78 is 5.84. The molecule has 3 nitrogen and oxygen atoms in total. The molecule has 0 bridgehead atoms. The molecule has 1 aromatic carbocycles. The van der Waals surface area contributed by atoms with Crippen LogP contribution in [0.5, 0.6) is 5.75 Å². The number of nitrogens with zero attached hydrogens (tertiary/aromatic N) is 1. The summed E-state index contributed by atoms with van der Waals surface area (Å²) in [7, 11) is 0. The lowest BCUT2D eigenvalue weighted by Gasteiger charge is -2.15. The third-order valence-corrected chi connectivity index (χ3v) is 3.46. The Bertz CT molecular complexity index is 588. The number of rotatable bonds is 6. The van der Waals surface area contributed by atoms with E-state index in [0.717, 1.165) is 17.7 Å². The highest BCUT2D eigenvalue weighted by Gasteiger charge is 2.12. The maximum Gasteiger partial charge on any atom is 0.141 e. The number of pyridine rings is 1. The second-order valence-electron chi connectivity index (χ2n) is 4.98. The predicted octanol–water partition coefficient (Wildman–Crippen LogP) is 3.90. The summed E-state index contributed by atoms with van der Waals surface area (Å²) in [5.41, 5.74) is 7.78. The summed E-state index contributed by atoms with van der Waals surface area (Å²) in [6.07, 6.45) is 3.16. The Hall–Kier alpha value is -1.29. The van der Waals surface area contributed by atoms with Crippen molar-refractivity contribution in [2.24, 2.45) is 5.73 Å². The van der Waals surface area contributed by atoms with E-state index >= 15 is 0 Å². The maximum absolute atomic E-state index is 6.23. The first-order valence-electron chi connectivity index (χ1n) is 6.82. The SMILES string of the molecule is CC(N)Cc1cc(Cl)cc(Cl)c1OCCc1ccccn1. The third-order valence-electron chi connectivity index (χ3n) is 2.96. The van der Waals surface area contributed by atoms with Crippen molar-refractivity contribution in [1.29, 1.82) is 0 Å². The molecule has 2 N–H and O–H groups in total. The zero-order valence-electron chi connectivity index (χ0n) is 11.9. The number of aromatic nitrogens is 1. The zero-order chi connectivity index (χ0) is 15.2. The van der Waals surface area contributed by atoms with Crippen LogP contribution in [0.3, 0.4) is 0 Å². The number of nitrogens with two attached hydrogens (primary N) is 1. The Labute approximate surface area is 135 Å². The number of hydrogen-bond acceptors (Lipinski definition) is 3. The minimum absolute atomic E-state index is 0.0117. The molecule has 0 radical (unpaired) electrons. The molecule has 0 saturated carbocycles. The smallest absolute Gasteiger partial charge is 0.141 e. The van der Waals surface area contributed by atoms with Crippen LogP contribution in [-0.4, -0.2) is 17.6 Å². The summed E-state index contributed by atoms with van der Waals surface area (Å²) in [6.45, 7) is 2.44. The normalized spacial score (nSPS) is 12.2. The lowest BCUT2D eigenvalue weighted by Crippen LogP contribution is -2.18. The molecule has 2 aromatic rings. The van der Waals surface area contributed by atoms with E-state index in [-0.39, 0.29) is 6.04 Å². The molecular weight excluding hydrogens is 307 g/mol. The third kappa shape index (κ3) is 4.88. The van der Waals surface area contributed by atoms with Gasteiger partial charge in [0.25, 0.3) is 0 Å². The van der Waals surface area contributed by atoms with Gasteiger partial charge in [-0.15, -0.1) is 0 Å². The van der Waals surface area contributed by atoms with Gasteiger partial charge in [-0.3, -0.25) is 4.98 Å². The highest BCUT2D eigenvalue weighted by Crippen LogP contribution is 2.33. The van der Waals surface area contributed by atoms with Crippen molar-refractivity contribution < 1.29 is 4.74 Å². The molecule has 1 aromatic heterocycles. The van der Waals surface area contributed by atoms with Gasteiger partial charge >= 0.3 is 0 Å². The Balaban J connectivity index is 2.08. The Morgan fingerprint density at radius 1 is 1.29 bits per heavy atom. The van der Waals surface area contributed by atoms with Crippen LogP contribution in [0.1, 0.15) is 18.2 Å². The van der Waals surface area contributed by atoms with Gasteiger partial charge in [0.1, 0.15) is 5.75 Å². The van der Waals surface area contributed by atoms with Crippen molar-refractivity contribution in [3.8, 4) is 5.75 Å². The molecular formula is C16H18Cl2N2O. The molecule has 2 rings (SSSR count). The number of benzene rings is 1. The van der Waals surface area contributed by atoms with Gasteiger partial charge in [-0.2, -0.15) is 0 Å². The van der Waals surface area contributed by atoms with Crippen LogP contribution in [-0.2, 0) is 12.8 Å². The van der Waals surface area contributed by atoms with Gasteiger partial charge in [-0.25, -0.2) is 0 Å². The summed E-state index contributed by atoms with van der Waals surface area (Å²) in [4.78, 5) is 4.26. The summed E-state index contributed by atoms with van der Waals surface area (Å²) in [6, 6.07) is 9.37. The van der Waals surface area contributed by atoms with E-state index in [2.05, 4.69) is 4.98 Å². The minimum atomic E-state index is 0.0117. The Morgan fingerprint density at radius 2 is 2.10 bits per heavy atom. The minimum Gasteiger partial charge on any atom is -0.491 e. The number of ether oxygens (including phenoxy) is 1. The van der Waals surface area contributed by atoms with Crippen molar-refractivity contribution >= 4 is 23.2 Å². The molecule has 0 aliphatic rings. The van der Waals surface area contributed by atoms with Crippen LogP contribution in [0.2, 0.25) is 10.0 Å². The van der Waals surface area contributed by atoms with Gasteiger partial charge in [0, 0.05) is 29.4 Å². The van der Waals surface area contributed by atoms with Crippen molar-refractivity contribution in [3.05, 3.63) is 57.8 Å². The molecule has 0 aliphatic heterocycles. The molecule has 0 spiro atoms. The summed E-state index contributed by atoms with van der Waals surface area (Å²) in [5.74, 6) is 0.661. The first-order valence-corrected chi connectivity index (χ1v) is 7.58. The van der Waals surface area contributed by atoms with Gasteiger partial charge in [0.2, 0.25) is 0 Å². The van der Waals surface area contributed by atoms with E-state index < -0.39 is 0 Å². The summed E-state index contributed by atoms with van der Waals surface area (Å²) >= 11 is 12.3. The number of halogens is 2. The lowest BCUT2D eigenvalue weighted by molar-refractivity contribution is 0.317. The van der Waals surface area contributed by atoms with Gasteiger partial charge in [0.05, 0.1) is 11.6 Å². The van der Waals surface area contributed by atoms with E-state index in [1.165, 1.54) is 0 Å². The monoisotopic (exact) mass is 324 g/mol. The average molecular weight is 325 g/mol. The van der Waals surface area contributed by atoms with Gasteiger partial charge in [-0.1, -0.05) is 29.3 Å². The lowest BCUT2D eigenvalue weighted by atomic mass is 10.1. The zero-order valence-corrected chi connectivity index (χ0v) is 13.4. The standard InChI is InChI=1S/C16H18Cl2N2O/c1-11(19)8-12-9-13(17)10-15(18)16(12)21-7-5-14-4-2-3-6-20-14/h2-4,6,9-11H,5,7-8,19H2,1H3. The second-order valence-corrected chi connectivity index (χ2v) is 5.82. The van der Waals surface area contributed by atoms with Crippen molar-refractivity contribution in [1.82, 2.24) is 4.98 Å². The highest BCUT2D eigenvalue weighted by molar-refractivity contribution is 6.35. The molecule has 0 aliphatic carbocycles. The van der Waals surface area contributed by atoms with Crippen LogP contribution in [0.25, 0.3) is 0 Å². The van der Waals surface area contributed by atoms with E-state index in [4.69, 9.17) is 33.7 Å². The van der Waals surface area contributed by atoms with Crippen LogP contribution in [0, 0.1) is 0 Å². The van der Waals surface area contributed by atoms with Crippen LogP contribution < -0.4 is 10.5 Å². The average Bonchev–Trinajstić information content (AvgIpc) is 2.42. The van der Waals surface area contributed by atoms with E-state index in [9.17, 15) is 0 Å². The first kappa shape index (κ1) is 16.1. The quantitative estimate of drug-likeness (QED) is 0.876. The van der Waals surface area contributed by atoms with E-state index in [1.807, 2.05) is 31.2 Å². The molecule has 1 heterocycles. The molecule has 1 atom stereocenters. The second kappa shape index (κ2) is 7.64. The Morgan fingerprint density at radius 3 is 2.76 bits per heavy atom. The molecule has 0 saturated heterocycles. The van der Waals surface area contributed by atoms with Crippen molar-refractivity contribution in [2.45, 2.75) is 25.8 Å². The predicted molar refractivity (Wildman–Crippen MR) is 87.3 cm³/mol. The van der Waals surface area contributed by atoms with Crippen LogP contribution >= 0.6 is 23.2 Å². The fourth-order valence-corrected chi connectivity index (χ4v) is 2.67. The fraction of sp³-hybridized carbons (Fsp3) is 0.312. The van der Waals surface area contributed by atoms with E-state index in [1.54, 1.807) is 12.3 Å². The largest absolute Gasteiger partial charge is 0.491 e. The molecule has 0 amide bonds. The molecule has 112 valence electrons. The topological polar surface area (TPSA) is 48.1 Å². The maximum atomic E-state index is 6.23. The molecule has 1 unspecified atom stereocenters. The first-order chi connectivity index (χ1) is 10.1. The van der Waals surface area contributed by atoms with Crippen LogP contribution in [0.4, 0.5) is 0 Å². The summed E-state index contributed by atoms with van der Waals surface area (Å²) in [5, 5.41) is 1.10. The van der Waals surface area contributed by atoms with Crippen LogP contribution in [0.15, 0.2) is 36.5 Å². The Kier molecular flexibility index (Phi) is 5.85. The highest BCUT2D eigenvalue weighted by atomic mass is 35.5. The number of hydrogen-bond donors (Lipinski definition) is 1. The van der Waals surface area contributed by atoms with Crippen molar-refractivity contribution in [2.75, 3.05) is 6.61 Å². The fourth-order valence-electron chi connectivity index (χ4n) is 2.08.